The molecular formula is C25H26N4O3. The molecular weight excluding hydrogens is 404 g/mol. The third kappa shape index (κ3) is 4.63. The molecule has 0 radical (unpaired) electrons. The number of hydrogen-bond acceptors (Lipinski definition) is 6. The van der Waals surface area contributed by atoms with Gasteiger partial charge in [-0.1, -0.05) is 30.3 Å². The van der Waals surface area contributed by atoms with E-state index in [1.54, 1.807) is 6.92 Å². The normalized spacial score (nSPS) is 15.9. The van der Waals surface area contributed by atoms with Gasteiger partial charge in [0.2, 0.25) is 0 Å². The highest BCUT2D eigenvalue weighted by atomic mass is 16.4. The Morgan fingerprint density at radius 1 is 1.16 bits per heavy atom. The van der Waals surface area contributed by atoms with Gasteiger partial charge in [0.1, 0.15) is 5.82 Å². The van der Waals surface area contributed by atoms with Gasteiger partial charge in [-0.3, -0.25) is 0 Å². The molecule has 0 spiro atoms. The van der Waals surface area contributed by atoms with Gasteiger partial charge in [0, 0.05) is 35.7 Å². The zero-order valence-electron chi connectivity index (χ0n) is 17.9. The molecule has 4 rings (SSSR count). The first-order valence-corrected chi connectivity index (χ1v) is 10.6. The maximum Gasteiger partial charge on any atom is 0.354 e. The zero-order chi connectivity index (χ0) is 22.7. The lowest BCUT2D eigenvalue weighted by molar-refractivity contribution is 0.0690. The predicted molar refractivity (Wildman–Crippen MR) is 126 cm³/mol. The molecule has 32 heavy (non-hydrogen) atoms. The first-order chi connectivity index (χ1) is 15.4. The molecule has 2 heterocycles. The number of nitrogens with zero attached hydrogens (tertiary/aromatic N) is 2. The second-order valence-corrected chi connectivity index (χ2v) is 7.99. The topological polar surface area (TPSA) is 110 Å². The van der Waals surface area contributed by atoms with Crippen LogP contribution in [0.5, 0.6) is 0 Å². The molecule has 1 atom stereocenters. The third-order valence-corrected chi connectivity index (χ3v) is 5.59. The lowest BCUT2D eigenvalue weighted by atomic mass is 9.96. The van der Waals surface area contributed by atoms with Crippen LogP contribution in [0, 0.1) is 5.41 Å². The zero-order valence-corrected chi connectivity index (χ0v) is 17.9. The number of pyridine rings is 1. The van der Waals surface area contributed by atoms with Crippen molar-refractivity contribution in [2.24, 2.45) is 0 Å². The minimum atomic E-state index is -1.13. The number of carboxylic acid groups (broad SMARTS) is 1. The average molecular weight is 431 g/mol. The van der Waals surface area contributed by atoms with Crippen molar-refractivity contribution in [1.29, 1.82) is 5.41 Å². The van der Waals surface area contributed by atoms with Crippen LogP contribution >= 0.6 is 0 Å². The Morgan fingerprint density at radius 3 is 2.50 bits per heavy atom. The number of aromatic carboxylic acids is 1. The molecule has 0 bridgehead atoms. The lowest BCUT2D eigenvalue weighted by Crippen LogP contribution is -2.38. The molecule has 164 valence electrons. The summed E-state index contributed by atoms with van der Waals surface area (Å²) in [7, 11) is 0. The lowest BCUT2D eigenvalue weighted by Gasteiger charge is -2.32. The third-order valence-electron chi connectivity index (χ3n) is 5.59. The number of nitrogens with one attached hydrogen (secondary N) is 2. The summed E-state index contributed by atoms with van der Waals surface area (Å²) in [4.78, 5) is 18.2. The molecule has 1 aliphatic rings. The second kappa shape index (κ2) is 9.20. The summed E-state index contributed by atoms with van der Waals surface area (Å²) in [6.45, 7) is 3.17. The van der Waals surface area contributed by atoms with E-state index in [2.05, 4.69) is 15.2 Å². The number of carbonyl (C=O) groups is 1. The van der Waals surface area contributed by atoms with Crippen LogP contribution in [0.1, 0.15) is 35.8 Å². The van der Waals surface area contributed by atoms with E-state index in [4.69, 9.17) is 5.41 Å². The highest BCUT2D eigenvalue weighted by Gasteiger charge is 2.21. The number of para-hydroxylation sites is 1. The van der Waals surface area contributed by atoms with Crippen molar-refractivity contribution in [3.63, 3.8) is 0 Å². The van der Waals surface area contributed by atoms with Crippen LogP contribution in [0.2, 0.25) is 0 Å². The van der Waals surface area contributed by atoms with Crippen molar-refractivity contribution in [2.75, 3.05) is 23.3 Å². The highest BCUT2D eigenvalue weighted by Crippen LogP contribution is 2.33. The molecule has 4 N–H and O–H groups in total. The maximum atomic E-state index is 11.8. The molecule has 1 fully saturated rings. The van der Waals surface area contributed by atoms with E-state index in [0.717, 1.165) is 36.3 Å². The number of β-amino-alcohol motifs (C(OH)–C–C–N with tert-alkyl or cyclic N) is 1. The van der Waals surface area contributed by atoms with Gasteiger partial charge in [0.15, 0.2) is 5.69 Å². The number of rotatable bonds is 6. The Balaban J connectivity index is 1.76. The van der Waals surface area contributed by atoms with Crippen molar-refractivity contribution < 1.29 is 15.0 Å². The number of aliphatic hydroxyl groups excluding tert-OH is 1. The van der Waals surface area contributed by atoms with Crippen LogP contribution in [0.15, 0.2) is 60.7 Å². The molecule has 1 saturated heterocycles. The number of carboxylic acids is 1. The quantitative estimate of drug-likeness (QED) is 0.428. The van der Waals surface area contributed by atoms with E-state index in [9.17, 15) is 15.0 Å². The molecule has 2 aromatic carbocycles. The van der Waals surface area contributed by atoms with Crippen molar-refractivity contribution in [1.82, 2.24) is 4.98 Å². The Labute approximate surface area is 186 Å². The Kier molecular flexibility index (Phi) is 6.18. The molecule has 1 aliphatic heterocycles. The minimum Gasteiger partial charge on any atom is -0.477 e. The molecule has 1 aromatic heterocycles. The second-order valence-electron chi connectivity index (χ2n) is 7.99. The van der Waals surface area contributed by atoms with E-state index < -0.39 is 5.97 Å². The maximum absolute atomic E-state index is 11.8. The molecule has 3 aromatic rings. The summed E-state index contributed by atoms with van der Waals surface area (Å²) in [5.74, 6) is -0.794. The fourth-order valence-electron chi connectivity index (χ4n) is 4.05. The SMILES string of the molecule is CC(=N)c1c(-c2ccc(N3CCCC(O)C3)cc2)cc(C(=O)O)nc1Nc1ccccc1. The molecule has 7 heteroatoms. The fourth-order valence-corrected chi connectivity index (χ4v) is 4.05. The number of piperidine rings is 1. The Morgan fingerprint density at radius 2 is 1.88 bits per heavy atom. The van der Waals surface area contributed by atoms with E-state index >= 15 is 0 Å². The summed E-state index contributed by atoms with van der Waals surface area (Å²) < 4.78 is 0. The Hall–Kier alpha value is -3.71. The molecule has 0 saturated carbocycles. The van der Waals surface area contributed by atoms with Gasteiger partial charge < -0.3 is 25.8 Å². The number of aromatic nitrogens is 1. The van der Waals surface area contributed by atoms with Crippen LogP contribution < -0.4 is 10.2 Å². The summed E-state index contributed by atoms with van der Waals surface area (Å²) >= 11 is 0. The van der Waals surface area contributed by atoms with Crippen molar-refractivity contribution >= 4 is 28.9 Å². The highest BCUT2D eigenvalue weighted by molar-refractivity contribution is 6.08. The molecule has 1 unspecified atom stereocenters. The summed E-state index contributed by atoms with van der Waals surface area (Å²) in [6.07, 6.45) is 1.45. The van der Waals surface area contributed by atoms with Gasteiger partial charge in [-0.15, -0.1) is 0 Å². The number of aliphatic hydroxyl groups is 1. The fraction of sp³-hybridized carbons (Fsp3) is 0.240. The van der Waals surface area contributed by atoms with Gasteiger partial charge in [0.05, 0.1) is 6.10 Å². The monoisotopic (exact) mass is 430 g/mol. The van der Waals surface area contributed by atoms with E-state index in [1.165, 1.54) is 6.07 Å². The summed E-state index contributed by atoms with van der Waals surface area (Å²) in [6, 6.07) is 18.7. The van der Waals surface area contributed by atoms with Gasteiger partial charge in [0.25, 0.3) is 0 Å². The van der Waals surface area contributed by atoms with Crippen LogP contribution in [0.4, 0.5) is 17.2 Å². The standard InChI is InChI=1S/C25H26N4O3/c1-16(26)23-21(17-9-11-19(12-10-17)29-13-5-8-20(30)15-29)14-22(25(31)32)28-24(23)27-18-6-3-2-4-7-18/h2-4,6-7,9-12,14,20,26,30H,5,8,13,15H2,1H3,(H,27,28)(H,31,32). The minimum absolute atomic E-state index is 0.0911. The van der Waals surface area contributed by atoms with Crippen molar-refractivity contribution in [2.45, 2.75) is 25.9 Å². The van der Waals surface area contributed by atoms with Crippen LogP contribution in [0.3, 0.4) is 0 Å². The van der Waals surface area contributed by atoms with Crippen molar-refractivity contribution in [3.05, 3.63) is 71.9 Å². The van der Waals surface area contributed by atoms with Gasteiger partial charge in [-0.05, 0) is 61.2 Å². The van der Waals surface area contributed by atoms with Crippen LogP contribution in [-0.2, 0) is 0 Å². The Bertz CT molecular complexity index is 1130. The molecule has 7 nitrogen and oxygen atoms in total. The van der Waals surface area contributed by atoms with Crippen LogP contribution in [-0.4, -0.2) is 46.1 Å². The smallest absolute Gasteiger partial charge is 0.354 e. The number of hydrogen-bond donors (Lipinski definition) is 4. The van der Waals surface area contributed by atoms with Gasteiger partial charge in [-0.2, -0.15) is 0 Å². The summed E-state index contributed by atoms with van der Waals surface area (Å²) in [5.41, 5.74) is 3.95. The van der Waals surface area contributed by atoms with Gasteiger partial charge in [-0.25, -0.2) is 9.78 Å². The van der Waals surface area contributed by atoms with E-state index in [1.807, 2.05) is 54.6 Å². The average Bonchev–Trinajstić information content (AvgIpc) is 2.79. The predicted octanol–water partition coefficient (Wildman–Crippen LogP) is 4.54. The van der Waals surface area contributed by atoms with E-state index in [0.29, 0.717) is 23.5 Å². The number of anilines is 3. The first kappa shape index (κ1) is 21.5. The molecule has 0 amide bonds. The first-order valence-electron chi connectivity index (χ1n) is 10.6. The molecule has 0 aliphatic carbocycles. The van der Waals surface area contributed by atoms with E-state index in [-0.39, 0.29) is 17.5 Å². The van der Waals surface area contributed by atoms with Crippen molar-refractivity contribution in [3.8, 4) is 11.1 Å². The largest absolute Gasteiger partial charge is 0.477 e. The van der Waals surface area contributed by atoms with Gasteiger partial charge >= 0.3 is 5.97 Å². The van der Waals surface area contributed by atoms with Crippen LogP contribution in [0.25, 0.3) is 11.1 Å². The summed E-state index contributed by atoms with van der Waals surface area (Å²) in [5, 5.41) is 31.2. The number of benzene rings is 2.